The molecule has 1 saturated heterocycles. The second-order valence-electron chi connectivity index (χ2n) is 5.60. The zero-order valence-corrected chi connectivity index (χ0v) is 14.5. The number of oxazole rings is 1. The lowest BCUT2D eigenvalue weighted by Crippen LogP contribution is -2.19. The smallest absolute Gasteiger partial charge is 0.264 e. The van der Waals surface area contributed by atoms with Gasteiger partial charge in [-0.15, -0.1) is 0 Å². The fraction of sp³-hybridized carbons (Fsp3) is 0.0526. The van der Waals surface area contributed by atoms with Crippen molar-refractivity contribution in [1.82, 2.24) is 10.3 Å². The summed E-state index contributed by atoms with van der Waals surface area (Å²) >= 11 is 1.27. The van der Waals surface area contributed by atoms with E-state index in [1.165, 1.54) is 11.8 Å². The van der Waals surface area contributed by atoms with Crippen LogP contribution in [0.15, 0.2) is 56.8 Å². The van der Waals surface area contributed by atoms with E-state index in [0.29, 0.717) is 32.8 Å². The molecule has 0 spiro atoms. The van der Waals surface area contributed by atoms with Crippen LogP contribution in [0, 0.1) is 18.3 Å². The summed E-state index contributed by atoms with van der Waals surface area (Å²) < 4.78 is 5.52. The molecule has 1 aliphatic heterocycles. The summed E-state index contributed by atoms with van der Waals surface area (Å²) in [5.74, 6) is 0.408. The van der Waals surface area contributed by atoms with E-state index in [4.69, 9.17) is 9.68 Å². The van der Waals surface area contributed by atoms with Crippen molar-refractivity contribution in [1.29, 1.82) is 5.26 Å². The number of carbonyl (C=O) groups is 1. The summed E-state index contributed by atoms with van der Waals surface area (Å²) in [5, 5.41) is 12.1. The average molecular weight is 360 g/mol. The number of nitriles is 1. The van der Waals surface area contributed by atoms with Gasteiger partial charge in [0.2, 0.25) is 0 Å². The lowest BCUT2D eigenvalue weighted by Gasteiger charge is -1.96. The predicted molar refractivity (Wildman–Crippen MR) is 101 cm³/mol. The number of aromatic nitrogens is 1. The van der Waals surface area contributed by atoms with Crippen molar-refractivity contribution in [2.24, 2.45) is 4.99 Å². The number of benzene rings is 2. The van der Waals surface area contributed by atoms with E-state index >= 15 is 0 Å². The maximum Gasteiger partial charge on any atom is 0.264 e. The topological polar surface area (TPSA) is 91.3 Å². The summed E-state index contributed by atoms with van der Waals surface area (Å²) in [6.45, 7) is 1.80. The van der Waals surface area contributed by atoms with Crippen molar-refractivity contribution in [2.45, 2.75) is 6.92 Å². The molecular weight excluding hydrogens is 348 g/mol. The van der Waals surface area contributed by atoms with Crippen molar-refractivity contribution >= 4 is 45.7 Å². The Morgan fingerprint density at radius 2 is 2.08 bits per heavy atom. The number of fused-ring (bicyclic) bond motifs is 1. The first-order valence-corrected chi connectivity index (χ1v) is 8.59. The van der Waals surface area contributed by atoms with Crippen LogP contribution in [-0.4, -0.2) is 16.1 Å². The Hall–Kier alpha value is -3.37. The third kappa shape index (κ3) is 3.23. The Bertz CT molecular complexity index is 1120. The number of aliphatic imine (C=N–C) groups is 1. The first kappa shape index (κ1) is 16.1. The first-order chi connectivity index (χ1) is 12.6. The number of rotatable bonds is 2. The van der Waals surface area contributed by atoms with Gasteiger partial charge in [-0.05, 0) is 59.8 Å². The Morgan fingerprint density at radius 1 is 1.27 bits per heavy atom. The van der Waals surface area contributed by atoms with Crippen LogP contribution in [-0.2, 0) is 4.79 Å². The van der Waals surface area contributed by atoms with E-state index in [1.54, 1.807) is 37.3 Å². The zero-order chi connectivity index (χ0) is 18.1. The molecule has 0 unspecified atom stereocenters. The standard InChI is InChI=1S/C19H12N4O2S/c1-11-21-15-7-4-13(8-16(15)25-11)9-17-18(24)23-19(26-17)22-14-5-2-12(10-20)3-6-14/h2-9H,1H3,(H,22,23,24)/b17-9-. The fourth-order valence-corrected chi connectivity index (χ4v) is 3.35. The molecule has 0 aliphatic carbocycles. The summed E-state index contributed by atoms with van der Waals surface area (Å²) in [4.78, 5) is 21.4. The van der Waals surface area contributed by atoms with Crippen molar-refractivity contribution < 1.29 is 9.21 Å². The molecule has 26 heavy (non-hydrogen) atoms. The monoisotopic (exact) mass is 360 g/mol. The van der Waals surface area contributed by atoms with Crippen LogP contribution in [0.1, 0.15) is 17.0 Å². The molecule has 2 aromatic carbocycles. The van der Waals surface area contributed by atoms with Crippen molar-refractivity contribution in [3.05, 3.63) is 64.4 Å². The Kier molecular flexibility index (Phi) is 4.03. The predicted octanol–water partition coefficient (Wildman–Crippen LogP) is 3.90. The van der Waals surface area contributed by atoms with Gasteiger partial charge in [0, 0.05) is 6.92 Å². The molecule has 1 fully saturated rings. The van der Waals surface area contributed by atoms with E-state index in [1.807, 2.05) is 18.2 Å². The quantitative estimate of drug-likeness (QED) is 0.700. The molecule has 7 heteroatoms. The minimum atomic E-state index is -0.198. The van der Waals surface area contributed by atoms with Gasteiger partial charge in [0.15, 0.2) is 16.6 Å². The second kappa shape index (κ2) is 6.50. The largest absolute Gasteiger partial charge is 0.441 e. The Labute approximate surface area is 153 Å². The van der Waals surface area contributed by atoms with Crippen LogP contribution in [0.3, 0.4) is 0 Å². The highest BCUT2D eigenvalue weighted by Gasteiger charge is 2.23. The normalized spacial score (nSPS) is 17.0. The van der Waals surface area contributed by atoms with Gasteiger partial charge in [-0.25, -0.2) is 9.98 Å². The van der Waals surface area contributed by atoms with E-state index in [2.05, 4.69) is 21.4 Å². The lowest BCUT2D eigenvalue weighted by atomic mass is 10.2. The summed E-state index contributed by atoms with van der Waals surface area (Å²) in [6, 6.07) is 14.5. The number of hydrogen-bond acceptors (Lipinski definition) is 6. The molecule has 0 atom stereocenters. The number of nitrogens with one attached hydrogen (secondary N) is 1. The summed E-state index contributed by atoms with van der Waals surface area (Å²) in [5.41, 5.74) is 3.57. The molecule has 0 saturated carbocycles. The van der Waals surface area contributed by atoms with Gasteiger partial charge in [0.1, 0.15) is 5.52 Å². The number of carbonyl (C=O) groups excluding carboxylic acids is 1. The van der Waals surface area contributed by atoms with Gasteiger partial charge < -0.3 is 9.73 Å². The van der Waals surface area contributed by atoms with E-state index < -0.39 is 0 Å². The molecular formula is C19H12N4O2S. The molecule has 3 aromatic rings. The van der Waals surface area contributed by atoms with Gasteiger partial charge in [0.25, 0.3) is 5.91 Å². The molecule has 1 aliphatic rings. The molecule has 6 nitrogen and oxygen atoms in total. The molecule has 4 rings (SSSR count). The number of thioether (sulfide) groups is 1. The minimum absolute atomic E-state index is 0.198. The Balaban J connectivity index is 1.58. The van der Waals surface area contributed by atoms with Gasteiger partial charge >= 0.3 is 0 Å². The molecule has 1 aromatic heterocycles. The number of hydrogen-bond donors (Lipinski definition) is 1. The summed E-state index contributed by atoms with van der Waals surface area (Å²) in [7, 11) is 0. The maximum atomic E-state index is 12.2. The van der Waals surface area contributed by atoms with Crippen molar-refractivity contribution in [2.75, 3.05) is 0 Å². The molecule has 1 amide bonds. The second-order valence-corrected chi connectivity index (χ2v) is 6.63. The van der Waals surface area contributed by atoms with Gasteiger partial charge in [-0.2, -0.15) is 5.26 Å². The number of amides is 1. The summed E-state index contributed by atoms with van der Waals surface area (Å²) in [6.07, 6.45) is 1.79. The van der Waals surface area contributed by atoms with Crippen LogP contribution >= 0.6 is 11.8 Å². The van der Waals surface area contributed by atoms with Crippen LogP contribution in [0.2, 0.25) is 0 Å². The third-order valence-electron chi connectivity index (χ3n) is 3.70. The maximum absolute atomic E-state index is 12.2. The van der Waals surface area contributed by atoms with E-state index in [9.17, 15) is 4.79 Å². The highest BCUT2D eigenvalue weighted by atomic mass is 32.2. The number of aryl methyl sites for hydroxylation is 1. The highest BCUT2D eigenvalue weighted by Crippen LogP contribution is 2.29. The minimum Gasteiger partial charge on any atom is -0.441 e. The molecule has 0 bridgehead atoms. The van der Waals surface area contributed by atoms with Gasteiger partial charge in [0.05, 0.1) is 22.2 Å². The lowest BCUT2D eigenvalue weighted by molar-refractivity contribution is -0.115. The molecule has 0 radical (unpaired) electrons. The SMILES string of the molecule is Cc1nc2ccc(/C=C3\S/C(=N/c4ccc(C#N)cc4)NC3=O)cc2o1. The van der Waals surface area contributed by atoms with Gasteiger partial charge in [-0.1, -0.05) is 6.07 Å². The van der Waals surface area contributed by atoms with Crippen molar-refractivity contribution in [3.63, 3.8) is 0 Å². The van der Waals surface area contributed by atoms with E-state index in [0.717, 1.165) is 11.1 Å². The highest BCUT2D eigenvalue weighted by molar-refractivity contribution is 8.18. The Morgan fingerprint density at radius 3 is 2.85 bits per heavy atom. The zero-order valence-electron chi connectivity index (χ0n) is 13.7. The molecule has 2 heterocycles. The van der Waals surface area contributed by atoms with E-state index in [-0.39, 0.29) is 5.91 Å². The van der Waals surface area contributed by atoms with Crippen LogP contribution in [0.25, 0.3) is 17.2 Å². The molecule has 1 N–H and O–H groups in total. The number of amidine groups is 1. The number of nitrogens with zero attached hydrogens (tertiary/aromatic N) is 3. The van der Waals surface area contributed by atoms with Crippen LogP contribution in [0.4, 0.5) is 5.69 Å². The molecule has 126 valence electrons. The fourth-order valence-electron chi connectivity index (χ4n) is 2.51. The first-order valence-electron chi connectivity index (χ1n) is 7.78. The van der Waals surface area contributed by atoms with Crippen LogP contribution in [0.5, 0.6) is 0 Å². The van der Waals surface area contributed by atoms with Gasteiger partial charge in [-0.3, -0.25) is 4.79 Å². The third-order valence-corrected chi connectivity index (χ3v) is 4.60. The van der Waals surface area contributed by atoms with Crippen molar-refractivity contribution in [3.8, 4) is 6.07 Å². The average Bonchev–Trinajstić information content (AvgIpc) is 3.16. The van der Waals surface area contributed by atoms with Crippen LogP contribution < -0.4 is 5.32 Å².